The van der Waals surface area contributed by atoms with Crippen molar-refractivity contribution in [2.45, 2.75) is 0 Å². The number of hydrogen-bond donors (Lipinski definition) is 2. The highest BCUT2D eigenvalue weighted by Gasteiger charge is 2.00. The Labute approximate surface area is 86.5 Å². The highest BCUT2D eigenvalue weighted by Crippen LogP contribution is 1.82. The lowest BCUT2D eigenvalue weighted by Gasteiger charge is -2.05. The van der Waals surface area contributed by atoms with Crippen LogP contribution >= 0.6 is 0 Å². The standard InChI is InChI=1S/C8H14O7/c9-5-7(11)14-3-1-13-2-4-15-8(12)6-10/h9-10H,1-6H2. The Morgan fingerprint density at radius 3 is 1.53 bits per heavy atom. The van der Waals surface area contributed by atoms with Crippen LogP contribution in [-0.2, 0) is 23.8 Å². The second kappa shape index (κ2) is 9.38. The van der Waals surface area contributed by atoms with Gasteiger partial charge < -0.3 is 24.4 Å². The maximum absolute atomic E-state index is 10.4. The van der Waals surface area contributed by atoms with E-state index in [-0.39, 0.29) is 26.4 Å². The first-order chi connectivity index (χ1) is 7.20. The Balaban J connectivity index is 3.11. The molecule has 7 nitrogen and oxygen atoms in total. The Morgan fingerprint density at radius 1 is 0.800 bits per heavy atom. The minimum absolute atomic E-state index is 0.0351. The van der Waals surface area contributed by atoms with Crippen LogP contribution in [0.3, 0.4) is 0 Å². The van der Waals surface area contributed by atoms with Crippen LogP contribution in [0.2, 0.25) is 0 Å². The summed E-state index contributed by atoms with van der Waals surface area (Å²) in [6.07, 6.45) is 0. The molecule has 7 heteroatoms. The van der Waals surface area contributed by atoms with E-state index in [1.165, 1.54) is 0 Å². The van der Waals surface area contributed by atoms with Gasteiger partial charge in [0.15, 0.2) is 0 Å². The number of esters is 2. The van der Waals surface area contributed by atoms with Gasteiger partial charge in [0, 0.05) is 0 Å². The van der Waals surface area contributed by atoms with E-state index in [0.717, 1.165) is 0 Å². The topological polar surface area (TPSA) is 102 Å². The molecule has 88 valence electrons. The Morgan fingerprint density at radius 2 is 1.20 bits per heavy atom. The molecule has 0 bridgehead atoms. The number of rotatable bonds is 8. The van der Waals surface area contributed by atoms with E-state index in [1.807, 2.05) is 0 Å². The van der Waals surface area contributed by atoms with Crippen LogP contribution in [-0.4, -0.2) is 61.8 Å². The van der Waals surface area contributed by atoms with Crippen LogP contribution in [0.1, 0.15) is 0 Å². The third-order valence-electron chi connectivity index (χ3n) is 1.24. The van der Waals surface area contributed by atoms with Crippen LogP contribution < -0.4 is 0 Å². The normalized spacial score (nSPS) is 9.73. The Hall–Kier alpha value is -1.18. The molecule has 0 unspecified atom stereocenters. The molecule has 0 atom stereocenters. The number of hydrogen-bond acceptors (Lipinski definition) is 7. The fourth-order valence-corrected chi connectivity index (χ4v) is 0.622. The van der Waals surface area contributed by atoms with Crippen molar-refractivity contribution in [3.63, 3.8) is 0 Å². The smallest absolute Gasteiger partial charge is 0.331 e. The summed E-state index contributed by atoms with van der Waals surface area (Å²) < 4.78 is 13.9. The minimum atomic E-state index is -0.717. The average Bonchev–Trinajstić information content (AvgIpc) is 2.26. The summed E-state index contributed by atoms with van der Waals surface area (Å²) in [5.74, 6) is -1.43. The van der Waals surface area contributed by atoms with E-state index < -0.39 is 25.2 Å². The number of aliphatic hydroxyl groups is 2. The van der Waals surface area contributed by atoms with Crippen molar-refractivity contribution >= 4 is 11.9 Å². The van der Waals surface area contributed by atoms with Crippen LogP contribution in [0, 0.1) is 0 Å². The molecule has 0 fully saturated rings. The molecule has 0 radical (unpaired) electrons. The second-order valence-electron chi connectivity index (χ2n) is 2.37. The zero-order valence-electron chi connectivity index (χ0n) is 8.18. The van der Waals surface area contributed by atoms with Crippen molar-refractivity contribution in [1.29, 1.82) is 0 Å². The quantitative estimate of drug-likeness (QED) is 0.364. The van der Waals surface area contributed by atoms with Gasteiger partial charge in [0.1, 0.15) is 26.4 Å². The van der Waals surface area contributed by atoms with E-state index >= 15 is 0 Å². The molecule has 0 aliphatic heterocycles. The molecule has 0 aromatic rings. The first-order valence-corrected chi connectivity index (χ1v) is 4.31. The highest BCUT2D eigenvalue weighted by molar-refractivity contribution is 5.70. The minimum Gasteiger partial charge on any atom is -0.462 e. The number of ether oxygens (including phenoxy) is 3. The third kappa shape index (κ3) is 9.13. The number of aliphatic hydroxyl groups excluding tert-OH is 2. The summed E-state index contributed by atoms with van der Waals surface area (Å²) in [6, 6.07) is 0. The highest BCUT2D eigenvalue weighted by atomic mass is 16.6. The molecule has 0 aromatic heterocycles. The van der Waals surface area contributed by atoms with Crippen LogP contribution in [0.25, 0.3) is 0 Å². The maximum atomic E-state index is 10.4. The molecule has 2 N–H and O–H groups in total. The number of carbonyl (C=O) groups excluding carboxylic acids is 2. The van der Waals surface area contributed by atoms with Crippen molar-refractivity contribution in [3.05, 3.63) is 0 Å². The van der Waals surface area contributed by atoms with Gasteiger partial charge in [-0.05, 0) is 0 Å². The van der Waals surface area contributed by atoms with E-state index in [1.54, 1.807) is 0 Å². The van der Waals surface area contributed by atoms with Gasteiger partial charge in [-0.1, -0.05) is 0 Å². The van der Waals surface area contributed by atoms with E-state index in [9.17, 15) is 9.59 Å². The summed E-state index contributed by atoms with van der Waals surface area (Å²) >= 11 is 0. The van der Waals surface area contributed by atoms with Crippen molar-refractivity contribution in [2.24, 2.45) is 0 Å². The molecule has 0 aliphatic rings. The predicted octanol–water partition coefficient (Wildman–Crippen LogP) is -1.93. The van der Waals surface area contributed by atoms with Crippen LogP contribution in [0.15, 0.2) is 0 Å². The molecular weight excluding hydrogens is 208 g/mol. The lowest BCUT2D eigenvalue weighted by molar-refractivity contribution is -0.150. The van der Waals surface area contributed by atoms with Gasteiger partial charge in [-0.3, -0.25) is 0 Å². The van der Waals surface area contributed by atoms with E-state index in [4.69, 9.17) is 14.9 Å². The molecule has 0 rings (SSSR count). The fraction of sp³-hybridized carbons (Fsp3) is 0.750. The fourth-order valence-electron chi connectivity index (χ4n) is 0.622. The van der Waals surface area contributed by atoms with Crippen molar-refractivity contribution < 1.29 is 34.0 Å². The molecule has 0 spiro atoms. The van der Waals surface area contributed by atoms with Gasteiger partial charge in [-0.25, -0.2) is 9.59 Å². The lowest BCUT2D eigenvalue weighted by atomic mass is 10.7. The second-order valence-corrected chi connectivity index (χ2v) is 2.37. The monoisotopic (exact) mass is 222 g/mol. The summed E-state index contributed by atoms with van der Waals surface area (Å²) in [5, 5.41) is 16.5. The SMILES string of the molecule is O=C(CO)OCCOCCOC(=O)CO. The van der Waals surface area contributed by atoms with Crippen molar-refractivity contribution in [2.75, 3.05) is 39.6 Å². The van der Waals surface area contributed by atoms with E-state index in [0.29, 0.717) is 0 Å². The zero-order chi connectivity index (χ0) is 11.5. The van der Waals surface area contributed by atoms with Gasteiger partial charge in [0.25, 0.3) is 0 Å². The molecule has 0 amide bonds. The first-order valence-electron chi connectivity index (χ1n) is 4.31. The maximum Gasteiger partial charge on any atom is 0.331 e. The summed E-state index contributed by atoms with van der Waals surface area (Å²) in [4.78, 5) is 20.8. The number of carbonyl (C=O) groups is 2. The van der Waals surface area contributed by atoms with Gasteiger partial charge in [-0.2, -0.15) is 0 Å². The molecule has 0 saturated heterocycles. The zero-order valence-corrected chi connectivity index (χ0v) is 8.18. The average molecular weight is 222 g/mol. The Kier molecular flexibility index (Phi) is 8.64. The molecule has 0 aliphatic carbocycles. The Bertz CT molecular complexity index is 171. The van der Waals surface area contributed by atoms with Gasteiger partial charge >= 0.3 is 11.9 Å². The summed E-state index contributed by atoms with van der Waals surface area (Å²) in [5.41, 5.74) is 0. The van der Waals surface area contributed by atoms with Crippen LogP contribution in [0.4, 0.5) is 0 Å². The predicted molar refractivity (Wildman–Crippen MR) is 46.9 cm³/mol. The molecular formula is C8H14O7. The first kappa shape index (κ1) is 13.8. The third-order valence-corrected chi connectivity index (χ3v) is 1.24. The molecule has 0 saturated carbocycles. The summed E-state index contributed by atoms with van der Waals surface area (Å²) in [6.45, 7) is -0.937. The van der Waals surface area contributed by atoms with E-state index in [2.05, 4.69) is 9.47 Å². The van der Waals surface area contributed by atoms with Gasteiger partial charge in [0.2, 0.25) is 0 Å². The molecule has 15 heavy (non-hydrogen) atoms. The largest absolute Gasteiger partial charge is 0.462 e. The molecule has 0 aromatic carbocycles. The van der Waals surface area contributed by atoms with Crippen molar-refractivity contribution in [3.8, 4) is 0 Å². The van der Waals surface area contributed by atoms with Gasteiger partial charge in [-0.15, -0.1) is 0 Å². The summed E-state index contributed by atoms with van der Waals surface area (Å²) in [7, 11) is 0. The van der Waals surface area contributed by atoms with Crippen molar-refractivity contribution in [1.82, 2.24) is 0 Å². The van der Waals surface area contributed by atoms with Crippen LogP contribution in [0.5, 0.6) is 0 Å². The molecule has 0 heterocycles. The lowest BCUT2D eigenvalue weighted by Crippen LogP contribution is -2.16. The van der Waals surface area contributed by atoms with Gasteiger partial charge in [0.05, 0.1) is 13.2 Å².